The van der Waals surface area contributed by atoms with E-state index in [0.29, 0.717) is 12.2 Å². The molecule has 0 atom stereocenters. The van der Waals surface area contributed by atoms with Gasteiger partial charge in [0.25, 0.3) is 5.91 Å². The fourth-order valence-corrected chi connectivity index (χ4v) is 3.48. The lowest BCUT2D eigenvalue weighted by atomic mass is 10.1. The maximum Gasteiger partial charge on any atom is 0.271 e. The summed E-state index contributed by atoms with van der Waals surface area (Å²) in [4.78, 5) is 21.1. The number of rotatable bonds is 5. The largest absolute Gasteiger partial charge is 0.347 e. The molecule has 7 heteroatoms. The summed E-state index contributed by atoms with van der Waals surface area (Å²) in [6.07, 6.45) is 7.25. The van der Waals surface area contributed by atoms with Crippen LogP contribution in [0.15, 0.2) is 66.6 Å². The normalized spacial score (nSPS) is 10.7. The number of carbonyl (C=O) groups is 1. The van der Waals surface area contributed by atoms with E-state index in [9.17, 15) is 4.79 Å². The molecule has 0 bridgehead atoms. The zero-order chi connectivity index (χ0) is 18.6. The lowest BCUT2D eigenvalue weighted by Gasteiger charge is -2.05. The Labute approximate surface area is 160 Å². The van der Waals surface area contributed by atoms with Gasteiger partial charge in [-0.3, -0.25) is 14.5 Å². The molecule has 0 aliphatic heterocycles. The van der Waals surface area contributed by atoms with Crippen molar-refractivity contribution in [1.82, 2.24) is 25.1 Å². The third-order valence-electron chi connectivity index (χ3n) is 4.04. The molecule has 6 nitrogen and oxygen atoms in total. The lowest BCUT2D eigenvalue weighted by molar-refractivity contribution is 0.0946. The Morgan fingerprint density at radius 2 is 1.96 bits per heavy atom. The van der Waals surface area contributed by atoms with Crippen LogP contribution >= 0.6 is 11.3 Å². The van der Waals surface area contributed by atoms with Gasteiger partial charge >= 0.3 is 0 Å². The van der Waals surface area contributed by atoms with Crippen molar-refractivity contribution < 1.29 is 4.79 Å². The first-order chi connectivity index (χ1) is 13.2. The average Bonchev–Trinajstić information content (AvgIpc) is 3.36. The Morgan fingerprint density at radius 3 is 2.74 bits per heavy atom. The number of aromatic nitrogens is 4. The summed E-state index contributed by atoms with van der Waals surface area (Å²) in [5.74, 6) is -0.194. The maximum atomic E-state index is 12.4. The SMILES string of the molecule is Cn1cc(-c2cncc(CNC(=O)c3csc(-c4ccccc4)n3)c2)cn1. The van der Waals surface area contributed by atoms with Crippen molar-refractivity contribution in [1.29, 1.82) is 0 Å². The van der Waals surface area contributed by atoms with Gasteiger partial charge in [-0.15, -0.1) is 11.3 Å². The van der Waals surface area contributed by atoms with E-state index >= 15 is 0 Å². The van der Waals surface area contributed by atoms with Crippen molar-refractivity contribution in [2.45, 2.75) is 6.54 Å². The van der Waals surface area contributed by atoms with Gasteiger partial charge in [0.2, 0.25) is 0 Å². The number of hydrogen-bond acceptors (Lipinski definition) is 5. The second-order valence-electron chi connectivity index (χ2n) is 6.07. The van der Waals surface area contributed by atoms with Crippen molar-refractivity contribution in [3.8, 4) is 21.7 Å². The molecule has 0 aliphatic carbocycles. The smallest absolute Gasteiger partial charge is 0.271 e. The van der Waals surface area contributed by atoms with Crippen molar-refractivity contribution in [2.75, 3.05) is 0 Å². The van der Waals surface area contributed by atoms with Crippen LogP contribution in [0.25, 0.3) is 21.7 Å². The summed E-state index contributed by atoms with van der Waals surface area (Å²) in [6.45, 7) is 0.387. The van der Waals surface area contributed by atoms with Crippen molar-refractivity contribution in [2.24, 2.45) is 7.05 Å². The Kier molecular flexibility index (Phi) is 4.76. The van der Waals surface area contributed by atoms with Gasteiger partial charge in [-0.1, -0.05) is 30.3 Å². The summed E-state index contributed by atoms with van der Waals surface area (Å²) < 4.78 is 1.75. The first-order valence-electron chi connectivity index (χ1n) is 8.41. The van der Waals surface area contributed by atoms with E-state index < -0.39 is 0 Å². The molecule has 134 valence electrons. The number of nitrogens with one attached hydrogen (secondary N) is 1. The van der Waals surface area contributed by atoms with Gasteiger partial charge < -0.3 is 5.32 Å². The highest BCUT2D eigenvalue weighted by Gasteiger charge is 2.12. The summed E-state index contributed by atoms with van der Waals surface area (Å²) in [5.41, 5.74) is 4.31. The standard InChI is InChI=1S/C20H17N5OS/c1-25-12-17(11-23-25)16-7-14(8-21-10-16)9-22-19(26)18-13-27-20(24-18)15-5-3-2-4-6-15/h2-8,10-13H,9H2,1H3,(H,22,26). The molecule has 4 aromatic rings. The quantitative estimate of drug-likeness (QED) is 0.579. The van der Waals surface area contributed by atoms with Crippen LogP contribution in [-0.2, 0) is 13.6 Å². The van der Waals surface area contributed by atoms with E-state index in [-0.39, 0.29) is 5.91 Å². The van der Waals surface area contributed by atoms with Crippen LogP contribution in [0.2, 0.25) is 0 Å². The molecule has 4 rings (SSSR count). The lowest BCUT2D eigenvalue weighted by Crippen LogP contribution is -2.23. The van der Waals surface area contributed by atoms with Gasteiger partial charge in [-0.25, -0.2) is 4.98 Å². The molecule has 1 amide bonds. The maximum absolute atomic E-state index is 12.4. The van der Waals surface area contributed by atoms with Gasteiger partial charge in [0, 0.05) is 54.3 Å². The van der Waals surface area contributed by atoms with Crippen LogP contribution in [0.4, 0.5) is 0 Å². The molecule has 1 aromatic carbocycles. The van der Waals surface area contributed by atoms with E-state index in [1.807, 2.05) is 49.6 Å². The number of amides is 1. The number of benzene rings is 1. The summed E-state index contributed by atoms with van der Waals surface area (Å²) in [6, 6.07) is 11.8. The van der Waals surface area contributed by atoms with Gasteiger partial charge in [0.15, 0.2) is 0 Å². The van der Waals surface area contributed by atoms with Crippen molar-refractivity contribution >= 4 is 17.2 Å². The second-order valence-corrected chi connectivity index (χ2v) is 6.93. The van der Waals surface area contributed by atoms with Crippen LogP contribution in [0.3, 0.4) is 0 Å². The Bertz CT molecular complexity index is 1070. The highest BCUT2D eigenvalue weighted by molar-refractivity contribution is 7.13. The summed E-state index contributed by atoms with van der Waals surface area (Å²) in [5, 5.41) is 9.70. The van der Waals surface area contributed by atoms with Crippen LogP contribution in [-0.4, -0.2) is 25.7 Å². The molecule has 27 heavy (non-hydrogen) atoms. The molecule has 0 spiro atoms. The fourth-order valence-electron chi connectivity index (χ4n) is 2.68. The molecular weight excluding hydrogens is 358 g/mol. The van der Waals surface area contributed by atoms with Gasteiger partial charge in [0.1, 0.15) is 10.7 Å². The Hall–Kier alpha value is -3.32. The predicted molar refractivity (Wildman–Crippen MR) is 105 cm³/mol. The van der Waals surface area contributed by atoms with E-state index in [4.69, 9.17) is 0 Å². The molecule has 0 saturated heterocycles. The van der Waals surface area contributed by atoms with Crippen LogP contribution < -0.4 is 5.32 Å². The molecule has 0 aliphatic rings. The van der Waals surface area contributed by atoms with E-state index in [1.165, 1.54) is 11.3 Å². The molecule has 3 heterocycles. The summed E-state index contributed by atoms with van der Waals surface area (Å²) in [7, 11) is 1.87. The fraction of sp³-hybridized carbons (Fsp3) is 0.100. The number of thiazole rings is 1. The Balaban J connectivity index is 1.43. The number of pyridine rings is 1. The topological polar surface area (TPSA) is 72.7 Å². The van der Waals surface area contributed by atoms with Gasteiger partial charge in [-0.05, 0) is 11.6 Å². The number of hydrogen-bond donors (Lipinski definition) is 1. The molecule has 0 unspecified atom stereocenters. The molecular formula is C20H17N5OS. The van der Waals surface area contributed by atoms with Crippen LogP contribution in [0.5, 0.6) is 0 Å². The highest BCUT2D eigenvalue weighted by Crippen LogP contribution is 2.23. The molecule has 0 fully saturated rings. The Morgan fingerprint density at radius 1 is 1.11 bits per heavy atom. The molecule has 1 N–H and O–H groups in total. The monoisotopic (exact) mass is 375 g/mol. The summed E-state index contributed by atoms with van der Waals surface area (Å²) >= 11 is 1.46. The molecule has 0 radical (unpaired) electrons. The minimum absolute atomic E-state index is 0.194. The average molecular weight is 375 g/mol. The zero-order valence-corrected chi connectivity index (χ0v) is 15.5. The predicted octanol–water partition coefficient (Wildman–Crippen LogP) is 3.54. The first-order valence-corrected chi connectivity index (χ1v) is 9.29. The highest BCUT2D eigenvalue weighted by atomic mass is 32.1. The third kappa shape index (κ3) is 3.93. The number of carbonyl (C=O) groups excluding carboxylic acids is 1. The third-order valence-corrected chi connectivity index (χ3v) is 4.94. The number of nitrogens with zero attached hydrogens (tertiary/aromatic N) is 4. The van der Waals surface area contributed by atoms with Crippen molar-refractivity contribution in [3.63, 3.8) is 0 Å². The van der Waals surface area contributed by atoms with Gasteiger partial charge in [0.05, 0.1) is 6.20 Å². The minimum Gasteiger partial charge on any atom is -0.347 e. The van der Waals surface area contributed by atoms with E-state index in [1.54, 1.807) is 28.7 Å². The number of aryl methyl sites for hydroxylation is 1. The van der Waals surface area contributed by atoms with Crippen LogP contribution in [0.1, 0.15) is 16.1 Å². The van der Waals surface area contributed by atoms with Crippen LogP contribution in [0, 0.1) is 0 Å². The van der Waals surface area contributed by atoms with E-state index in [2.05, 4.69) is 20.4 Å². The van der Waals surface area contributed by atoms with Gasteiger partial charge in [-0.2, -0.15) is 5.10 Å². The molecule has 0 saturated carbocycles. The first kappa shape index (κ1) is 17.1. The van der Waals surface area contributed by atoms with E-state index in [0.717, 1.165) is 27.3 Å². The van der Waals surface area contributed by atoms with Crippen molar-refractivity contribution in [3.05, 3.63) is 77.8 Å². The second kappa shape index (κ2) is 7.51. The minimum atomic E-state index is -0.194. The zero-order valence-electron chi connectivity index (χ0n) is 14.7. The molecule has 3 aromatic heterocycles.